The Morgan fingerprint density at radius 1 is 0.969 bits per heavy atom. The van der Waals surface area contributed by atoms with E-state index >= 15 is 0 Å². The molecule has 1 fully saturated rings. The first-order valence-electron chi connectivity index (χ1n) is 10.3. The van der Waals surface area contributed by atoms with Crippen molar-refractivity contribution in [3.8, 4) is 11.5 Å². The number of hydrogen-bond donors (Lipinski definition) is 0. The normalized spacial score (nSPS) is 14.4. The van der Waals surface area contributed by atoms with E-state index in [0.29, 0.717) is 52.7 Å². The number of hydrogen-bond acceptors (Lipinski definition) is 5. The molecular formula is C24H24Cl2N2O4. The highest BCUT2D eigenvalue weighted by atomic mass is 35.5. The van der Waals surface area contributed by atoms with Gasteiger partial charge in [0.2, 0.25) is 0 Å². The van der Waals surface area contributed by atoms with E-state index < -0.39 is 0 Å². The summed E-state index contributed by atoms with van der Waals surface area (Å²) in [5, 5.41) is 1.32. The monoisotopic (exact) mass is 474 g/mol. The molecule has 0 bridgehead atoms. The minimum atomic E-state index is -0.118. The SMILES string of the molecule is COc1cccc(OCc2ccc(C(=O)N3CCN(Cc4c(Cl)cccc4Cl)CC3)o2)c1. The first-order valence-corrected chi connectivity index (χ1v) is 11.1. The molecule has 0 radical (unpaired) electrons. The molecule has 3 aromatic rings. The van der Waals surface area contributed by atoms with Crippen LogP contribution in [0.3, 0.4) is 0 Å². The number of ether oxygens (including phenoxy) is 2. The summed E-state index contributed by atoms with van der Waals surface area (Å²) in [7, 11) is 1.61. The first kappa shape index (κ1) is 22.5. The molecular weight excluding hydrogens is 451 g/mol. The van der Waals surface area contributed by atoms with Crippen LogP contribution in [0.25, 0.3) is 0 Å². The molecule has 168 valence electrons. The molecule has 1 saturated heterocycles. The number of nitrogens with zero attached hydrogens (tertiary/aromatic N) is 2. The minimum absolute atomic E-state index is 0.118. The summed E-state index contributed by atoms with van der Waals surface area (Å²) in [6.45, 7) is 3.58. The van der Waals surface area contributed by atoms with Gasteiger partial charge in [0, 0.05) is 54.4 Å². The number of amides is 1. The number of methoxy groups -OCH3 is 1. The van der Waals surface area contributed by atoms with Crippen LogP contribution in [0.4, 0.5) is 0 Å². The molecule has 2 aromatic carbocycles. The van der Waals surface area contributed by atoms with Crippen LogP contribution in [-0.4, -0.2) is 49.0 Å². The maximum Gasteiger partial charge on any atom is 0.289 e. The molecule has 0 saturated carbocycles. The van der Waals surface area contributed by atoms with Gasteiger partial charge in [0.05, 0.1) is 7.11 Å². The molecule has 6 nitrogen and oxygen atoms in total. The van der Waals surface area contributed by atoms with Crippen molar-refractivity contribution >= 4 is 29.1 Å². The van der Waals surface area contributed by atoms with Crippen molar-refractivity contribution in [1.29, 1.82) is 0 Å². The Bertz CT molecular complexity index is 1060. The molecule has 8 heteroatoms. The Hall–Kier alpha value is -2.67. The lowest BCUT2D eigenvalue weighted by Gasteiger charge is -2.34. The summed E-state index contributed by atoms with van der Waals surface area (Å²) in [6.07, 6.45) is 0. The van der Waals surface area contributed by atoms with Gasteiger partial charge in [-0.05, 0) is 36.4 Å². The second kappa shape index (κ2) is 10.3. The van der Waals surface area contributed by atoms with Crippen molar-refractivity contribution in [2.24, 2.45) is 0 Å². The van der Waals surface area contributed by atoms with Crippen molar-refractivity contribution in [3.63, 3.8) is 0 Å². The largest absolute Gasteiger partial charge is 0.497 e. The maximum absolute atomic E-state index is 12.9. The van der Waals surface area contributed by atoms with Crippen molar-refractivity contribution < 1.29 is 18.7 Å². The van der Waals surface area contributed by atoms with Crippen LogP contribution in [0, 0.1) is 0 Å². The zero-order chi connectivity index (χ0) is 22.5. The van der Waals surface area contributed by atoms with E-state index in [1.165, 1.54) is 0 Å². The zero-order valence-corrected chi connectivity index (χ0v) is 19.2. The third-order valence-electron chi connectivity index (χ3n) is 5.40. The average molecular weight is 475 g/mol. The molecule has 1 aliphatic rings. The highest BCUT2D eigenvalue weighted by Gasteiger charge is 2.25. The lowest BCUT2D eigenvalue weighted by molar-refractivity contribution is 0.0594. The van der Waals surface area contributed by atoms with Gasteiger partial charge in [-0.3, -0.25) is 9.69 Å². The molecule has 32 heavy (non-hydrogen) atoms. The van der Waals surface area contributed by atoms with Crippen LogP contribution in [-0.2, 0) is 13.2 Å². The molecule has 2 heterocycles. The van der Waals surface area contributed by atoms with Crippen LogP contribution in [0.2, 0.25) is 10.0 Å². The van der Waals surface area contributed by atoms with E-state index in [1.54, 1.807) is 30.2 Å². The smallest absolute Gasteiger partial charge is 0.289 e. The summed E-state index contributed by atoms with van der Waals surface area (Å²) < 4.78 is 16.7. The van der Waals surface area contributed by atoms with Gasteiger partial charge in [-0.2, -0.15) is 0 Å². The summed E-state index contributed by atoms with van der Waals surface area (Å²) in [5.41, 5.74) is 0.919. The van der Waals surface area contributed by atoms with Gasteiger partial charge in [-0.25, -0.2) is 0 Å². The Labute approximate surface area is 197 Å². The van der Waals surface area contributed by atoms with Crippen molar-refractivity contribution in [3.05, 3.63) is 81.7 Å². The Morgan fingerprint density at radius 3 is 2.38 bits per heavy atom. The Balaban J connectivity index is 1.29. The average Bonchev–Trinajstić information content (AvgIpc) is 3.29. The zero-order valence-electron chi connectivity index (χ0n) is 17.7. The highest BCUT2D eigenvalue weighted by Crippen LogP contribution is 2.26. The summed E-state index contributed by atoms with van der Waals surface area (Å²) in [6, 6.07) is 16.3. The molecule has 0 aliphatic carbocycles. The van der Waals surface area contributed by atoms with Crippen LogP contribution in [0.1, 0.15) is 21.9 Å². The second-order valence-corrected chi connectivity index (χ2v) is 8.32. The predicted molar refractivity (Wildman–Crippen MR) is 124 cm³/mol. The van der Waals surface area contributed by atoms with Crippen LogP contribution < -0.4 is 9.47 Å². The third-order valence-corrected chi connectivity index (χ3v) is 6.11. The van der Waals surface area contributed by atoms with E-state index in [2.05, 4.69) is 4.90 Å². The molecule has 1 aromatic heterocycles. The third kappa shape index (κ3) is 5.38. The van der Waals surface area contributed by atoms with Gasteiger partial charge in [0.15, 0.2) is 5.76 Å². The molecule has 0 atom stereocenters. The fraction of sp³-hybridized carbons (Fsp3) is 0.292. The summed E-state index contributed by atoms with van der Waals surface area (Å²) >= 11 is 12.6. The van der Waals surface area contributed by atoms with E-state index in [-0.39, 0.29) is 12.5 Å². The molecule has 1 amide bonds. The number of rotatable bonds is 7. The van der Waals surface area contributed by atoms with Crippen LogP contribution >= 0.6 is 23.2 Å². The summed E-state index contributed by atoms with van der Waals surface area (Å²) in [5.74, 6) is 2.17. The fourth-order valence-corrected chi connectivity index (χ4v) is 4.10. The lowest BCUT2D eigenvalue weighted by Crippen LogP contribution is -2.48. The van der Waals surface area contributed by atoms with Crippen molar-refractivity contribution in [2.45, 2.75) is 13.2 Å². The number of piperazine rings is 1. The van der Waals surface area contributed by atoms with E-state index in [9.17, 15) is 4.79 Å². The number of carbonyl (C=O) groups excluding carboxylic acids is 1. The lowest BCUT2D eigenvalue weighted by atomic mass is 10.2. The topological polar surface area (TPSA) is 55.2 Å². The number of furan rings is 1. The van der Waals surface area contributed by atoms with Gasteiger partial charge in [-0.1, -0.05) is 35.3 Å². The standard InChI is InChI=1S/C24H24Cl2N2O4/c1-30-17-4-2-5-18(14-17)31-16-19-8-9-23(32-19)24(29)28-12-10-27(11-13-28)15-20-21(25)6-3-7-22(20)26/h2-9,14H,10-13,15-16H2,1H3. The van der Waals surface area contributed by atoms with E-state index in [1.807, 2.05) is 36.4 Å². The molecule has 1 aliphatic heterocycles. The molecule has 0 N–H and O–H groups in total. The predicted octanol–water partition coefficient (Wildman–Crippen LogP) is 5.13. The molecule has 0 unspecified atom stereocenters. The Kier molecular flexibility index (Phi) is 7.25. The second-order valence-electron chi connectivity index (χ2n) is 7.50. The highest BCUT2D eigenvalue weighted by molar-refractivity contribution is 6.35. The first-order chi connectivity index (χ1) is 15.5. The number of halogens is 2. The van der Waals surface area contributed by atoms with Gasteiger partial charge >= 0.3 is 0 Å². The van der Waals surface area contributed by atoms with Gasteiger partial charge in [-0.15, -0.1) is 0 Å². The minimum Gasteiger partial charge on any atom is -0.497 e. The van der Waals surface area contributed by atoms with Gasteiger partial charge < -0.3 is 18.8 Å². The van der Waals surface area contributed by atoms with E-state index in [0.717, 1.165) is 18.7 Å². The number of benzene rings is 2. The van der Waals surface area contributed by atoms with Crippen LogP contribution in [0.5, 0.6) is 11.5 Å². The van der Waals surface area contributed by atoms with E-state index in [4.69, 9.17) is 37.1 Å². The van der Waals surface area contributed by atoms with Gasteiger partial charge in [0.1, 0.15) is 23.9 Å². The van der Waals surface area contributed by atoms with Crippen molar-refractivity contribution in [1.82, 2.24) is 9.80 Å². The quantitative estimate of drug-likeness (QED) is 0.474. The molecule has 0 spiro atoms. The fourth-order valence-electron chi connectivity index (χ4n) is 3.59. The van der Waals surface area contributed by atoms with Crippen LogP contribution in [0.15, 0.2) is 59.0 Å². The van der Waals surface area contributed by atoms with Crippen molar-refractivity contribution in [2.75, 3.05) is 33.3 Å². The maximum atomic E-state index is 12.9. The number of carbonyl (C=O) groups is 1. The Morgan fingerprint density at radius 2 is 1.66 bits per heavy atom. The van der Waals surface area contributed by atoms with Gasteiger partial charge in [0.25, 0.3) is 5.91 Å². The molecule has 4 rings (SSSR count). The summed E-state index contributed by atoms with van der Waals surface area (Å²) in [4.78, 5) is 16.9.